The number of nitrogens with zero attached hydrogens (tertiary/aromatic N) is 3. The number of benzene rings is 2. The molecular weight excluding hydrogens is 414 g/mol. The fourth-order valence-electron chi connectivity index (χ4n) is 3.55. The number of carbonyl (C=O) groups is 2. The van der Waals surface area contributed by atoms with E-state index in [0.29, 0.717) is 14.8 Å². The number of hydrogen-bond donors (Lipinski definition) is 0. The van der Waals surface area contributed by atoms with E-state index in [1.165, 1.54) is 22.2 Å². The maximum Gasteiger partial charge on any atom is 0.265 e. The Hall–Kier alpha value is -2.48. The molecule has 0 saturated carbocycles. The molecule has 2 fully saturated rings. The third-order valence-corrected chi connectivity index (χ3v) is 6.84. The fourth-order valence-corrected chi connectivity index (χ4v) is 4.73. The van der Waals surface area contributed by atoms with E-state index in [2.05, 4.69) is 29.2 Å². The standard InChI is InChI=1S/C23H23N3O2S2/c1-24-22(28)20(30-23(24)29)15-17-7-9-19(10-8-17)21(27)26-13-11-25(12-14-26)16-18-5-3-2-4-6-18/h2-10,15H,11-14,16H2,1H3/b20-15+. The van der Waals surface area contributed by atoms with Crippen LogP contribution >= 0.6 is 24.0 Å². The Morgan fingerprint density at radius 2 is 1.70 bits per heavy atom. The lowest BCUT2D eigenvalue weighted by molar-refractivity contribution is -0.121. The number of thiocarbonyl (C=S) groups is 1. The molecule has 0 aliphatic carbocycles. The van der Waals surface area contributed by atoms with Gasteiger partial charge in [-0.2, -0.15) is 0 Å². The van der Waals surface area contributed by atoms with Gasteiger partial charge >= 0.3 is 0 Å². The third kappa shape index (κ3) is 4.64. The zero-order chi connectivity index (χ0) is 21.1. The summed E-state index contributed by atoms with van der Waals surface area (Å²) in [5.41, 5.74) is 2.85. The van der Waals surface area contributed by atoms with Crippen molar-refractivity contribution in [2.24, 2.45) is 0 Å². The number of thioether (sulfide) groups is 1. The topological polar surface area (TPSA) is 43.9 Å². The molecule has 0 unspecified atom stereocenters. The summed E-state index contributed by atoms with van der Waals surface area (Å²) >= 11 is 6.46. The van der Waals surface area contributed by atoms with Crippen LogP contribution in [0.4, 0.5) is 0 Å². The molecule has 5 nitrogen and oxygen atoms in total. The van der Waals surface area contributed by atoms with Gasteiger partial charge in [0, 0.05) is 45.3 Å². The first-order valence-corrected chi connectivity index (χ1v) is 11.1. The number of amides is 2. The fraction of sp³-hybridized carbons (Fsp3) is 0.261. The molecule has 2 aliphatic rings. The second kappa shape index (κ2) is 9.12. The summed E-state index contributed by atoms with van der Waals surface area (Å²) in [5, 5.41) is 0. The zero-order valence-electron chi connectivity index (χ0n) is 16.8. The van der Waals surface area contributed by atoms with Crippen molar-refractivity contribution in [3.8, 4) is 0 Å². The van der Waals surface area contributed by atoms with E-state index in [-0.39, 0.29) is 11.8 Å². The Morgan fingerprint density at radius 1 is 1.03 bits per heavy atom. The largest absolute Gasteiger partial charge is 0.336 e. The Balaban J connectivity index is 1.34. The van der Waals surface area contributed by atoms with Crippen LogP contribution < -0.4 is 0 Å². The van der Waals surface area contributed by atoms with Gasteiger partial charge in [0.2, 0.25) is 0 Å². The Kier molecular flexibility index (Phi) is 6.32. The van der Waals surface area contributed by atoms with E-state index < -0.39 is 0 Å². The van der Waals surface area contributed by atoms with Crippen LogP contribution in [0, 0.1) is 0 Å². The molecule has 4 rings (SSSR count). The van der Waals surface area contributed by atoms with Crippen molar-refractivity contribution in [2.45, 2.75) is 6.54 Å². The van der Waals surface area contributed by atoms with E-state index in [1.807, 2.05) is 41.3 Å². The molecule has 0 radical (unpaired) electrons. The van der Waals surface area contributed by atoms with Crippen molar-refractivity contribution in [2.75, 3.05) is 33.2 Å². The van der Waals surface area contributed by atoms with Crippen molar-refractivity contribution < 1.29 is 9.59 Å². The van der Waals surface area contributed by atoms with Crippen LogP contribution in [0.25, 0.3) is 6.08 Å². The summed E-state index contributed by atoms with van der Waals surface area (Å²) in [5.74, 6) is -0.0284. The number of piperazine rings is 1. The highest BCUT2D eigenvalue weighted by Gasteiger charge is 2.28. The second-order valence-electron chi connectivity index (χ2n) is 7.42. The first-order valence-electron chi connectivity index (χ1n) is 9.88. The van der Waals surface area contributed by atoms with Gasteiger partial charge in [0.15, 0.2) is 0 Å². The van der Waals surface area contributed by atoms with Gasteiger partial charge in [0.25, 0.3) is 11.8 Å². The van der Waals surface area contributed by atoms with Crippen LogP contribution in [0.5, 0.6) is 0 Å². The summed E-state index contributed by atoms with van der Waals surface area (Å²) in [7, 11) is 1.68. The van der Waals surface area contributed by atoms with Gasteiger partial charge in [0.05, 0.1) is 4.91 Å². The first-order chi connectivity index (χ1) is 14.5. The van der Waals surface area contributed by atoms with E-state index in [9.17, 15) is 9.59 Å². The van der Waals surface area contributed by atoms with Crippen molar-refractivity contribution >= 4 is 46.2 Å². The van der Waals surface area contributed by atoms with Gasteiger partial charge in [-0.15, -0.1) is 0 Å². The average molecular weight is 438 g/mol. The number of carbonyl (C=O) groups excluding carboxylic acids is 2. The Morgan fingerprint density at radius 3 is 2.30 bits per heavy atom. The maximum absolute atomic E-state index is 12.9. The smallest absolute Gasteiger partial charge is 0.265 e. The molecule has 30 heavy (non-hydrogen) atoms. The van der Waals surface area contributed by atoms with Gasteiger partial charge < -0.3 is 4.90 Å². The second-order valence-corrected chi connectivity index (χ2v) is 9.09. The minimum Gasteiger partial charge on any atom is -0.336 e. The lowest BCUT2D eigenvalue weighted by Gasteiger charge is -2.34. The summed E-state index contributed by atoms with van der Waals surface area (Å²) in [6, 6.07) is 17.8. The summed E-state index contributed by atoms with van der Waals surface area (Å²) < 4.78 is 0.560. The molecule has 0 aromatic heterocycles. The van der Waals surface area contributed by atoms with Crippen LogP contribution in [0.2, 0.25) is 0 Å². The highest BCUT2D eigenvalue weighted by atomic mass is 32.2. The predicted molar refractivity (Wildman–Crippen MR) is 125 cm³/mol. The molecule has 154 valence electrons. The minimum atomic E-state index is -0.0847. The number of likely N-dealkylation sites (N-methyl/N-ethyl adjacent to an activating group) is 1. The quantitative estimate of drug-likeness (QED) is 0.541. The van der Waals surface area contributed by atoms with Gasteiger partial charge in [-0.3, -0.25) is 19.4 Å². The molecule has 0 atom stereocenters. The lowest BCUT2D eigenvalue weighted by atomic mass is 10.1. The summed E-state index contributed by atoms with van der Waals surface area (Å²) in [6.07, 6.45) is 1.82. The van der Waals surface area contributed by atoms with Crippen molar-refractivity contribution in [1.29, 1.82) is 0 Å². The molecule has 0 spiro atoms. The highest BCUT2D eigenvalue weighted by Crippen LogP contribution is 2.31. The van der Waals surface area contributed by atoms with E-state index in [0.717, 1.165) is 38.3 Å². The molecule has 2 saturated heterocycles. The zero-order valence-corrected chi connectivity index (χ0v) is 18.4. The molecule has 2 aromatic rings. The lowest BCUT2D eigenvalue weighted by Crippen LogP contribution is -2.48. The summed E-state index contributed by atoms with van der Waals surface area (Å²) in [4.78, 5) is 31.4. The van der Waals surface area contributed by atoms with Crippen molar-refractivity contribution in [3.05, 3.63) is 76.2 Å². The van der Waals surface area contributed by atoms with Gasteiger partial charge in [0.1, 0.15) is 4.32 Å². The number of rotatable bonds is 4. The first kappa shape index (κ1) is 20.8. The molecule has 2 heterocycles. The van der Waals surface area contributed by atoms with Gasteiger partial charge in [-0.1, -0.05) is 66.4 Å². The SMILES string of the molecule is CN1C(=O)/C(=C\c2ccc(C(=O)N3CCN(Cc4ccccc4)CC3)cc2)SC1=S. The predicted octanol–water partition coefficient (Wildman–Crippen LogP) is 3.48. The molecule has 2 amide bonds. The maximum atomic E-state index is 12.9. The molecule has 2 aromatic carbocycles. The van der Waals surface area contributed by atoms with Gasteiger partial charge in [-0.25, -0.2) is 0 Å². The molecular formula is C23H23N3O2S2. The monoisotopic (exact) mass is 437 g/mol. The molecule has 7 heteroatoms. The molecule has 0 N–H and O–H groups in total. The van der Waals surface area contributed by atoms with Crippen LogP contribution in [-0.2, 0) is 11.3 Å². The van der Waals surface area contributed by atoms with Crippen LogP contribution in [0.15, 0.2) is 59.5 Å². The molecule has 0 bridgehead atoms. The van der Waals surface area contributed by atoms with Crippen molar-refractivity contribution in [1.82, 2.24) is 14.7 Å². The van der Waals surface area contributed by atoms with Gasteiger partial charge in [-0.05, 0) is 29.3 Å². The minimum absolute atomic E-state index is 0.0563. The Bertz CT molecular complexity index is 981. The van der Waals surface area contributed by atoms with Crippen LogP contribution in [-0.4, -0.2) is 64.1 Å². The van der Waals surface area contributed by atoms with Crippen LogP contribution in [0.3, 0.4) is 0 Å². The highest BCUT2D eigenvalue weighted by molar-refractivity contribution is 8.26. The average Bonchev–Trinajstić information content (AvgIpc) is 3.01. The normalized spacial score (nSPS) is 19.0. The number of hydrogen-bond acceptors (Lipinski definition) is 5. The van der Waals surface area contributed by atoms with E-state index in [4.69, 9.17) is 12.2 Å². The molecule has 2 aliphatic heterocycles. The van der Waals surface area contributed by atoms with Crippen LogP contribution in [0.1, 0.15) is 21.5 Å². The summed E-state index contributed by atoms with van der Waals surface area (Å²) in [6.45, 7) is 4.12. The Labute approximate surface area is 186 Å². The van der Waals surface area contributed by atoms with E-state index >= 15 is 0 Å². The van der Waals surface area contributed by atoms with Crippen molar-refractivity contribution in [3.63, 3.8) is 0 Å². The third-order valence-electron chi connectivity index (χ3n) is 5.35. The van der Waals surface area contributed by atoms with E-state index in [1.54, 1.807) is 7.05 Å².